The van der Waals surface area contributed by atoms with Gasteiger partial charge in [0.05, 0.1) is 13.2 Å². The van der Waals surface area contributed by atoms with Gasteiger partial charge in [-0.15, -0.1) is 0 Å². The molecule has 0 saturated heterocycles. The van der Waals surface area contributed by atoms with Crippen molar-refractivity contribution in [2.24, 2.45) is 0 Å². The number of aryl methyl sites for hydroxylation is 2. The minimum atomic E-state index is -0.367. The first-order valence-corrected chi connectivity index (χ1v) is 8.61. The highest BCUT2D eigenvalue weighted by Gasteiger charge is 2.31. The number of para-hydroxylation sites is 2. The highest BCUT2D eigenvalue weighted by Crippen LogP contribution is 2.43. The maximum absolute atomic E-state index is 9.14. The van der Waals surface area contributed by atoms with Gasteiger partial charge in [-0.2, -0.15) is 0 Å². The number of aliphatic hydroxyl groups is 2. The van der Waals surface area contributed by atoms with Crippen molar-refractivity contribution in [3.05, 3.63) is 58.7 Å². The molecule has 2 aromatic carbocycles. The molecule has 0 aliphatic heterocycles. The molecule has 0 aliphatic rings. The summed E-state index contributed by atoms with van der Waals surface area (Å²) in [5, 5.41) is 18.3. The van der Waals surface area contributed by atoms with E-state index < -0.39 is 0 Å². The Kier molecular flexibility index (Phi) is 6.45. The summed E-state index contributed by atoms with van der Waals surface area (Å²) in [6.07, 6.45) is 0. The second-order valence-electron chi connectivity index (χ2n) is 6.67. The first-order chi connectivity index (χ1) is 11.9. The van der Waals surface area contributed by atoms with Crippen molar-refractivity contribution in [2.45, 2.75) is 33.1 Å². The predicted molar refractivity (Wildman–Crippen MR) is 99.6 cm³/mol. The van der Waals surface area contributed by atoms with Gasteiger partial charge in [0.25, 0.3) is 0 Å². The van der Waals surface area contributed by atoms with Crippen LogP contribution in [0.1, 0.15) is 36.1 Å². The number of ether oxygens (including phenoxy) is 2. The highest BCUT2D eigenvalue weighted by molar-refractivity contribution is 5.54. The van der Waals surface area contributed by atoms with E-state index in [2.05, 4.69) is 26.0 Å². The van der Waals surface area contributed by atoms with Crippen LogP contribution in [-0.4, -0.2) is 36.6 Å². The zero-order valence-corrected chi connectivity index (χ0v) is 15.5. The standard InChI is InChI=1S/C21H28O4/c1-15-7-5-9-17(19(15)24-13-11-22)21(3,4)18-10-6-8-16(2)20(18)25-14-12-23/h5-10,22-23H,11-14H2,1-4H3. The Morgan fingerprint density at radius 2 is 1.16 bits per heavy atom. The number of aliphatic hydroxyl groups excluding tert-OH is 2. The summed E-state index contributed by atoms with van der Waals surface area (Å²) < 4.78 is 11.7. The van der Waals surface area contributed by atoms with Crippen molar-refractivity contribution in [3.8, 4) is 11.5 Å². The maximum atomic E-state index is 9.14. The molecule has 0 spiro atoms. The molecule has 4 heteroatoms. The molecule has 0 atom stereocenters. The van der Waals surface area contributed by atoms with E-state index in [4.69, 9.17) is 19.7 Å². The summed E-state index contributed by atoms with van der Waals surface area (Å²) in [6.45, 7) is 8.75. The molecule has 4 nitrogen and oxygen atoms in total. The molecule has 2 rings (SSSR count). The maximum Gasteiger partial charge on any atom is 0.126 e. The Balaban J connectivity index is 2.56. The Bertz CT molecular complexity index is 648. The zero-order valence-electron chi connectivity index (χ0n) is 15.5. The van der Waals surface area contributed by atoms with Gasteiger partial charge < -0.3 is 19.7 Å². The SMILES string of the molecule is Cc1cccc(C(C)(C)c2cccc(C)c2OCCO)c1OCCO. The zero-order chi connectivity index (χ0) is 18.4. The van der Waals surface area contributed by atoms with Crippen molar-refractivity contribution >= 4 is 0 Å². The van der Waals surface area contributed by atoms with Crippen LogP contribution < -0.4 is 9.47 Å². The molecule has 136 valence electrons. The molecule has 2 N–H and O–H groups in total. The summed E-state index contributed by atoms with van der Waals surface area (Å²) in [4.78, 5) is 0. The quantitative estimate of drug-likeness (QED) is 0.771. The fourth-order valence-electron chi connectivity index (χ4n) is 3.11. The molecule has 0 aromatic heterocycles. The summed E-state index contributed by atoms with van der Waals surface area (Å²) in [5.74, 6) is 1.60. The second kappa shape index (κ2) is 8.37. The van der Waals surface area contributed by atoms with Gasteiger partial charge in [-0.3, -0.25) is 0 Å². The molecule has 0 bridgehead atoms. The normalized spacial score (nSPS) is 11.4. The van der Waals surface area contributed by atoms with Gasteiger partial charge >= 0.3 is 0 Å². The number of hydrogen-bond acceptors (Lipinski definition) is 4. The Labute approximate surface area is 150 Å². The van der Waals surface area contributed by atoms with Gasteiger partial charge in [-0.05, 0) is 25.0 Å². The lowest BCUT2D eigenvalue weighted by Gasteiger charge is -2.31. The van der Waals surface area contributed by atoms with Gasteiger partial charge in [-0.25, -0.2) is 0 Å². The summed E-state index contributed by atoms with van der Waals surface area (Å²) in [6, 6.07) is 12.2. The van der Waals surface area contributed by atoms with E-state index >= 15 is 0 Å². The third-order valence-corrected chi connectivity index (χ3v) is 4.45. The van der Waals surface area contributed by atoms with Gasteiger partial charge in [-0.1, -0.05) is 50.2 Å². The van der Waals surface area contributed by atoms with Gasteiger partial charge in [0.1, 0.15) is 24.7 Å². The molecule has 0 heterocycles. The average Bonchev–Trinajstić information content (AvgIpc) is 2.59. The summed E-state index contributed by atoms with van der Waals surface area (Å²) in [7, 11) is 0. The Morgan fingerprint density at radius 3 is 1.52 bits per heavy atom. The number of hydrogen-bond donors (Lipinski definition) is 2. The molecule has 0 aliphatic carbocycles. The van der Waals surface area contributed by atoms with Crippen LogP contribution >= 0.6 is 0 Å². The Morgan fingerprint density at radius 1 is 0.760 bits per heavy atom. The minimum absolute atomic E-state index is 0.0243. The highest BCUT2D eigenvalue weighted by atomic mass is 16.5. The van der Waals surface area contributed by atoms with Crippen molar-refractivity contribution in [3.63, 3.8) is 0 Å². The lowest BCUT2D eigenvalue weighted by atomic mass is 9.76. The summed E-state index contributed by atoms with van der Waals surface area (Å²) >= 11 is 0. The van der Waals surface area contributed by atoms with Crippen LogP contribution in [0.3, 0.4) is 0 Å². The third kappa shape index (κ3) is 4.14. The van der Waals surface area contributed by atoms with Crippen molar-refractivity contribution in [1.29, 1.82) is 0 Å². The first-order valence-electron chi connectivity index (χ1n) is 8.61. The Hall–Kier alpha value is -2.04. The van der Waals surface area contributed by atoms with Crippen LogP contribution in [-0.2, 0) is 5.41 Å². The molecule has 0 amide bonds. The van der Waals surface area contributed by atoms with E-state index in [0.717, 1.165) is 33.8 Å². The predicted octanol–water partition coefficient (Wildman–Crippen LogP) is 3.37. The molecule has 0 radical (unpaired) electrons. The van der Waals surface area contributed by atoms with Crippen LogP contribution in [0.5, 0.6) is 11.5 Å². The minimum Gasteiger partial charge on any atom is -0.491 e. The van der Waals surface area contributed by atoms with Crippen molar-refractivity contribution < 1.29 is 19.7 Å². The van der Waals surface area contributed by atoms with Crippen LogP contribution in [0.2, 0.25) is 0 Å². The number of benzene rings is 2. The van der Waals surface area contributed by atoms with E-state index in [0.29, 0.717) is 0 Å². The van der Waals surface area contributed by atoms with E-state index in [1.807, 2.05) is 38.1 Å². The fraction of sp³-hybridized carbons (Fsp3) is 0.429. The smallest absolute Gasteiger partial charge is 0.126 e. The lowest BCUT2D eigenvalue weighted by Crippen LogP contribution is -2.23. The van der Waals surface area contributed by atoms with Crippen molar-refractivity contribution in [2.75, 3.05) is 26.4 Å². The summed E-state index contributed by atoms with van der Waals surface area (Å²) in [5.41, 5.74) is 3.78. The monoisotopic (exact) mass is 344 g/mol. The third-order valence-electron chi connectivity index (χ3n) is 4.45. The van der Waals surface area contributed by atoms with Crippen LogP contribution in [0, 0.1) is 13.8 Å². The average molecular weight is 344 g/mol. The molecular formula is C21H28O4. The molecule has 0 saturated carbocycles. The lowest BCUT2D eigenvalue weighted by molar-refractivity contribution is 0.196. The first kappa shape index (κ1) is 19.3. The fourth-order valence-corrected chi connectivity index (χ4v) is 3.11. The topological polar surface area (TPSA) is 58.9 Å². The van der Waals surface area contributed by atoms with Gasteiger partial charge in [0, 0.05) is 16.5 Å². The number of rotatable bonds is 8. The second-order valence-corrected chi connectivity index (χ2v) is 6.67. The molecule has 25 heavy (non-hydrogen) atoms. The van der Waals surface area contributed by atoms with E-state index in [9.17, 15) is 0 Å². The van der Waals surface area contributed by atoms with Crippen LogP contribution in [0.25, 0.3) is 0 Å². The van der Waals surface area contributed by atoms with Gasteiger partial charge in [0.15, 0.2) is 0 Å². The van der Waals surface area contributed by atoms with E-state index in [1.54, 1.807) is 0 Å². The largest absolute Gasteiger partial charge is 0.491 e. The molecule has 0 unspecified atom stereocenters. The molecule has 0 fully saturated rings. The molecule has 2 aromatic rings. The van der Waals surface area contributed by atoms with Crippen LogP contribution in [0.4, 0.5) is 0 Å². The van der Waals surface area contributed by atoms with E-state index in [-0.39, 0.29) is 31.8 Å². The van der Waals surface area contributed by atoms with Crippen molar-refractivity contribution in [1.82, 2.24) is 0 Å². The molecular weight excluding hydrogens is 316 g/mol. The van der Waals surface area contributed by atoms with E-state index in [1.165, 1.54) is 0 Å². The van der Waals surface area contributed by atoms with Gasteiger partial charge in [0.2, 0.25) is 0 Å². The van der Waals surface area contributed by atoms with Crippen LogP contribution in [0.15, 0.2) is 36.4 Å².